The smallest absolute Gasteiger partial charge is 0.262 e. The number of amides is 2. The van der Waals surface area contributed by atoms with E-state index in [1.807, 2.05) is 32.0 Å². The largest absolute Gasteiger partial charge is 0.483 e. The quantitative estimate of drug-likeness (QED) is 0.266. The minimum atomic E-state index is -0.356. The summed E-state index contributed by atoms with van der Waals surface area (Å²) >= 11 is 18.3. The Bertz CT molecular complexity index is 1400. The molecule has 0 saturated carbocycles. The fraction of sp³-hybridized carbons (Fsp3) is 0.154. The van der Waals surface area contributed by atoms with Crippen molar-refractivity contribution in [2.24, 2.45) is 10.1 Å². The number of hydrogen-bond acceptors (Lipinski definition) is 6. The van der Waals surface area contributed by atoms with Crippen LogP contribution in [0.25, 0.3) is 0 Å². The van der Waals surface area contributed by atoms with Crippen LogP contribution in [-0.2, 0) is 9.59 Å². The molecule has 1 heterocycles. The number of nitrogens with zero attached hydrogens (tertiary/aromatic N) is 3. The maximum atomic E-state index is 12.4. The minimum absolute atomic E-state index is 0.0638. The highest BCUT2D eigenvalue weighted by atomic mass is 35.5. The normalized spacial score (nSPS) is 13.2. The van der Waals surface area contributed by atoms with Crippen molar-refractivity contribution >= 4 is 70.2 Å². The van der Waals surface area contributed by atoms with Crippen molar-refractivity contribution in [1.29, 1.82) is 0 Å². The summed E-state index contributed by atoms with van der Waals surface area (Å²) in [5, 5.41) is 8.74. The summed E-state index contributed by atoms with van der Waals surface area (Å²) in [5.41, 5.74) is 2.83. The second kappa shape index (κ2) is 11.6. The lowest BCUT2D eigenvalue weighted by molar-refractivity contribution is -0.118. The number of amidine groups is 1. The van der Waals surface area contributed by atoms with Gasteiger partial charge in [-0.3, -0.25) is 9.59 Å². The molecule has 0 atom stereocenters. The number of anilines is 2. The molecule has 1 aliphatic heterocycles. The Kier molecular flexibility index (Phi) is 8.33. The van der Waals surface area contributed by atoms with Crippen molar-refractivity contribution in [1.82, 2.24) is 0 Å². The molecule has 4 rings (SSSR count). The predicted molar refractivity (Wildman–Crippen MR) is 147 cm³/mol. The number of aryl methyl sites for hydroxylation is 2. The highest BCUT2D eigenvalue weighted by molar-refractivity contribution is 6.42. The summed E-state index contributed by atoms with van der Waals surface area (Å²) in [5.74, 6) is 0.610. The summed E-state index contributed by atoms with van der Waals surface area (Å²) in [7, 11) is 0. The number of halogens is 3. The van der Waals surface area contributed by atoms with Crippen molar-refractivity contribution < 1.29 is 19.1 Å². The second-order valence-corrected chi connectivity index (χ2v) is 9.35. The predicted octanol–water partition coefficient (Wildman–Crippen LogP) is 6.44. The Balaban J connectivity index is 1.34. The number of benzene rings is 3. The number of hydrogen-bond donors (Lipinski definition) is 1. The molecule has 1 N–H and O–H groups in total. The molecule has 37 heavy (non-hydrogen) atoms. The van der Waals surface area contributed by atoms with Crippen molar-refractivity contribution in [3.63, 3.8) is 0 Å². The third-order valence-electron chi connectivity index (χ3n) is 5.15. The van der Waals surface area contributed by atoms with Crippen LogP contribution in [0.5, 0.6) is 11.5 Å². The summed E-state index contributed by atoms with van der Waals surface area (Å²) in [6.07, 6.45) is 1.09. The molecule has 11 heteroatoms. The molecule has 8 nitrogen and oxygen atoms in total. The standard InChI is InChI=1S/C26H21Cl3N4O4/c1-15-6-7-22(16(2)8-15)36-13-24(34)31-18-4-3-5-19(11-18)37-14-30-23-12-25(35)33(32-23)26-20(28)9-17(27)10-21(26)29/h3-11,14H,12-13H2,1-2H3,(H,31,34). The number of carbonyl (C=O) groups excluding carboxylic acids is 2. The second-order valence-electron chi connectivity index (χ2n) is 8.10. The monoisotopic (exact) mass is 558 g/mol. The lowest BCUT2D eigenvalue weighted by atomic mass is 10.1. The molecule has 0 radical (unpaired) electrons. The Morgan fingerprint density at radius 1 is 1.11 bits per heavy atom. The van der Waals surface area contributed by atoms with Gasteiger partial charge < -0.3 is 14.8 Å². The van der Waals surface area contributed by atoms with Crippen LogP contribution >= 0.6 is 34.8 Å². The molecule has 190 valence electrons. The Morgan fingerprint density at radius 2 is 1.86 bits per heavy atom. The summed E-state index contributed by atoms with van der Waals surface area (Å²) in [4.78, 5) is 28.9. The Morgan fingerprint density at radius 3 is 2.59 bits per heavy atom. The molecule has 0 unspecified atom stereocenters. The van der Waals surface area contributed by atoms with Crippen LogP contribution in [0.2, 0.25) is 15.1 Å². The van der Waals surface area contributed by atoms with E-state index in [1.54, 1.807) is 24.3 Å². The third kappa shape index (κ3) is 6.80. The van der Waals surface area contributed by atoms with Gasteiger partial charge in [0.15, 0.2) is 18.8 Å². The van der Waals surface area contributed by atoms with E-state index < -0.39 is 0 Å². The number of nitrogens with one attached hydrogen (secondary N) is 1. The molecule has 0 bridgehead atoms. The molecule has 2 amide bonds. The van der Waals surface area contributed by atoms with Crippen molar-refractivity contribution in [2.75, 3.05) is 16.9 Å². The summed E-state index contributed by atoms with van der Waals surface area (Å²) < 4.78 is 11.1. The van der Waals surface area contributed by atoms with E-state index in [1.165, 1.54) is 12.1 Å². The fourth-order valence-corrected chi connectivity index (χ4v) is 4.47. The van der Waals surface area contributed by atoms with Crippen LogP contribution in [0, 0.1) is 13.8 Å². The zero-order valence-electron chi connectivity index (χ0n) is 19.8. The average Bonchev–Trinajstić information content (AvgIpc) is 3.18. The van der Waals surface area contributed by atoms with E-state index in [0.29, 0.717) is 22.2 Å². The zero-order chi connectivity index (χ0) is 26.5. The SMILES string of the molecule is Cc1ccc(OCC(=O)Nc2cccc(OC=NC3=NN(c4c(Cl)cc(Cl)cc4Cl)C(=O)C3)c2)c(C)c1. The summed E-state index contributed by atoms with van der Waals surface area (Å²) in [6.45, 7) is 3.78. The number of aliphatic imine (C=N–C) groups is 1. The van der Waals surface area contributed by atoms with Gasteiger partial charge in [0, 0.05) is 16.8 Å². The first-order chi connectivity index (χ1) is 17.7. The average molecular weight is 560 g/mol. The fourth-order valence-electron chi connectivity index (χ4n) is 3.50. The summed E-state index contributed by atoms with van der Waals surface area (Å²) in [6, 6.07) is 15.4. The molecule has 3 aromatic carbocycles. The highest BCUT2D eigenvalue weighted by Crippen LogP contribution is 2.38. The Labute approximate surface area is 228 Å². The van der Waals surface area contributed by atoms with E-state index in [9.17, 15) is 9.59 Å². The van der Waals surface area contributed by atoms with Crippen LogP contribution in [0.4, 0.5) is 11.4 Å². The lowest BCUT2D eigenvalue weighted by Gasteiger charge is -2.15. The van der Waals surface area contributed by atoms with Crippen LogP contribution < -0.4 is 19.8 Å². The van der Waals surface area contributed by atoms with Crippen molar-refractivity contribution in [3.05, 3.63) is 80.8 Å². The maximum absolute atomic E-state index is 12.4. The van der Waals surface area contributed by atoms with E-state index in [4.69, 9.17) is 44.3 Å². The van der Waals surface area contributed by atoms with Gasteiger partial charge in [0.05, 0.1) is 16.5 Å². The molecule has 0 aliphatic carbocycles. The number of rotatable bonds is 7. The van der Waals surface area contributed by atoms with E-state index >= 15 is 0 Å². The van der Waals surface area contributed by atoms with E-state index in [-0.39, 0.29) is 46.4 Å². The van der Waals surface area contributed by atoms with Gasteiger partial charge in [-0.15, -0.1) is 5.10 Å². The maximum Gasteiger partial charge on any atom is 0.262 e. The van der Waals surface area contributed by atoms with Gasteiger partial charge in [0.25, 0.3) is 11.8 Å². The van der Waals surface area contributed by atoms with Gasteiger partial charge in [-0.25, -0.2) is 4.99 Å². The first-order valence-electron chi connectivity index (χ1n) is 11.0. The number of carbonyl (C=O) groups is 2. The first-order valence-corrected chi connectivity index (χ1v) is 12.2. The van der Waals surface area contributed by atoms with Crippen molar-refractivity contribution in [2.45, 2.75) is 20.3 Å². The van der Waals surface area contributed by atoms with Crippen LogP contribution in [0.3, 0.4) is 0 Å². The molecular weight excluding hydrogens is 539 g/mol. The van der Waals surface area contributed by atoms with Gasteiger partial charge in [-0.1, -0.05) is 58.6 Å². The van der Waals surface area contributed by atoms with E-state index in [2.05, 4.69) is 15.4 Å². The van der Waals surface area contributed by atoms with Gasteiger partial charge in [0.2, 0.25) is 0 Å². The third-order valence-corrected chi connectivity index (χ3v) is 5.95. The van der Waals surface area contributed by atoms with Gasteiger partial charge in [-0.2, -0.15) is 5.01 Å². The lowest BCUT2D eigenvalue weighted by Crippen LogP contribution is -2.20. The van der Waals surface area contributed by atoms with Crippen LogP contribution in [-0.4, -0.2) is 30.7 Å². The Hall–Kier alpha value is -3.59. The van der Waals surface area contributed by atoms with Gasteiger partial charge in [-0.05, 0) is 49.7 Å². The minimum Gasteiger partial charge on any atom is -0.483 e. The van der Waals surface area contributed by atoms with Crippen molar-refractivity contribution in [3.8, 4) is 11.5 Å². The molecular formula is C26H21Cl3N4O4. The molecule has 1 aliphatic rings. The van der Waals surface area contributed by atoms with Gasteiger partial charge in [0.1, 0.15) is 17.2 Å². The molecule has 0 aromatic heterocycles. The zero-order valence-corrected chi connectivity index (χ0v) is 22.1. The topological polar surface area (TPSA) is 92.6 Å². The van der Waals surface area contributed by atoms with Crippen LogP contribution in [0.1, 0.15) is 17.5 Å². The van der Waals surface area contributed by atoms with E-state index in [0.717, 1.165) is 22.5 Å². The highest BCUT2D eigenvalue weighted by Gasteiger charge is 2.28. The van der Waals surface area contributed by atoms with Gasteiger partial charge >= 0.3 is 0 Å². The molecule has 0 saturated heterocycles. The number of ether oxygens (including phenoxy) is 2. The number of hydrazone groups is 1. The molecule has 3 aromatic rings. The van der Waals surface area contributed by atoms with Crippen LogP contribution in [0.15, 0.2) is 64.7 Å². The molecule has 0 fully saturated rings. The first kappa shape index (κ1) is 26.5. The molecule has 0 spiro atoms.